The van der Waals surface area contributed by atoms with Gasteiger partial charge in [-0.1, -0.05) is 6.07 Å². The van der Waals surface area contributed by atoms with E-state index in [1.807, 2.05) is 11.0 Å². The Hall–Kier alpha value is -0.830. The van der Waals surface area contributed by atoms with E-state index in [2.05, 4.69) is 22.9 Å². The third-order valence-corrected chi connectivity index (χ3v) is 9.92. The van der Waals surface area contributed by atoms with Crippen molar-refractivity contribution in [3.8, 4) is 0 Å². The van der Waals surface area contributed by atoms with E-state index in [0.29, 0.717) is 12.2 Å². The summed E-state index contributed by atoms with van der Waals surface area (Å²) in [6.45, 7) is 0.735. The van der Waals surface area contributed by atoms with Crippen molar-refractivity contribution < 1.29 is 13.2 Å². The molecule has 4 rings (SSSR count). The minimum Gasteiger partial charge on any atom is -0.330 e. The predicted molar refractivity (Wildman–Crippen MR) is 105 cm³/mol. The first-order valence-electron chi connectivity index (χ1n) is 8.25. The third kappa shape index (κ3) is 3.67. The van der Waals surface area contributed by atoms with Gasteiger partial charge >= 0.3 is 0 Å². The van der Waals surface area contributed by atoms with Crippen LogP contribution in [0.5, 0.6) is 0 Å². The molecule has 8 heteroatoms. The van der Waals surface area contributed by atoms with E-state index < -0.39 is 9.84 Å². The topological polar surface area (TPSA) is 54.5 Å². The van der Waals surface area contributed by atoms with Gasteiger partial charge in [0, 0.05) is 21.5 Å². The molecule has 25 heavy (non-hydrogen) atoms. The monoisotopic (exact) mass is 413 g/mol. The number of sulfone groups is 1. The quantitative estimate of drug-likeness (QED) is 0.772. The summed E-state index contributed by atoms with van der Waals surface area (Å²) in [4.78, 5) is 17.5. The number of amides is 1. The second-order valence-electron chi connectivity index (χ2n) is 6.39. The zero-order valence-electron chi connectivity index (χ0n) is 13.6. The highest BCUT2D eigenvalue weighted by Gasteiger charge is 2.34. The fourth-order valence-corrected chi connectivity index (χ4v) is 8.79. The van der Waals surface area contributed by atoms with Gasteiger partial charge in [-0.05, 0) is 41.3 Å². The maximum atomic E-state index is 12.9. The van der Waals surface area contributed by atoms with Gasteiger partial charge in [0.2, 0.25) is 5.91 Å². The Bertz CT molecular complexity index is 856. The molecule has 0 unspecified atom stereocenters. The summed E-state index contributed by atoms with van der Waals surface area (Å²) in [5.74, 6) is 0.957. The van der Waals surface area contributed by atoms with Gasteiger partial charge in [-0.2, -0.15) is 0 Å². The maximum absolute atomic E-state index is 12.9. The number of thioether (sulfide) groups is 1. The van der Waals surface area contributed by atoms with E-state index >= 15 is 0 Å². The van der Waals surface area contributed by atoms with Crippen molar-refractivity contribution in [1.29, 1.82) is 0 Å². The Labute approximate surface area is 160 Å². The number of carbonyl (C=O) groups excluding carboxylic acids is 1. The molecule has 0 radical (unpaired) electrons. The number of hydrogen-bond acceptors (Lipinski definition) is 6. The van der Waals surface area contributed by atoms with Gasteiger partial charge in [-0.3, -0.25) is 4.79 Å². The first kappa shape index (κ1) is 17.6. The Balaban J connectivity index is 1.49. The second kappa shape index (κ2) is 7.06. The zero-order valence-corrected chi connectivity index (χ0v) is 16.9. The molecule has 1 fully saturated rings. The summed E-state index contributed by atoms with van der Waals surface area (Å²) >= 11 is 4.96. The van der Waals surface area contributed by atoms with Gasteiger partial charge in [-0.25, -0.2) is 8.42 Å². The second-order valence-corrected chi connectivity index (χ2v) is 11.9. The molecule has 4 heterocycles. The van der Waals surface area contributed by atoms with Gasteiger partial charge in [0.15, 0.2) is 9.84 Å². The van der Waals surface area contributed by atoms with Crippen LogP contribution in [0.3, 0.4) is 0 Å². The molecule has 1 amide bonds. The summed E-state index contributed by atoms with van der Waals surface area (Å²) in [6.07, 6.45) is 1.58. The molecule has 2 aliphatic rings. The molecule has 2 atom stereocenters. The van der Waals surface area contributed by atoms with Crippen LogP contribution in [0, 0.1) is 0 Å². The van der Waals surface area contributed by atoms with E-state index in [0.717, 1.165) is 13.0 Å². The van der Waals surface area contributed by atoms with E-state index in [-0.39, 0.29) is 28.7 Å². The highest BCUT2D eigenvalue weighted by molar-refractivity contribution is 8.02. The van der Waals surface area contributed by atoms with E-state index in [1.54, 1.807) is 22.7 Å². The molecule has 0 saturated carbocycles. The Kier molecular flexibility index (Phi) is 4.96. The number of carbonyl (C=O) groups is 1. The number of thiophene rings is 2. The van der Waals surface area contributed by atoms with Crippen LogP contribution in [0.4, 0.5) is 0 Å². The molecule has 1 saturated heterocycles. The zero-order chi connectivity index (χ0) is 17.4. The van der Waals surface area contributed by atoms with Crippen molar-refractivity contribution in [2.75, 3.05) is 23.8 Å². The van der Waals surface area contributed by atoms with Gasteiger partial charge < -0.3 is 4.90 Å². The van der Waals surface area contributed by atoms with Crippen molar-refractivity contribution in [2.24, 2.45) is 0 Å². The van der Waals surface area contributed by atoms with Crippen molar-refractivity contribution >= 4 is 50.2 Å². The van der Waals surface area contributed by atoms with E-state index in [9.17, 15) is 13.2 Å². The lowest BCUT2D eigenvalue weighted by molar-refractivity contribution is -0.130. The number of hydrogen-bond donors (Lipinski definition) is 0. The third-order valence-electron chi connectivity index (χ3n) is 4.73. The maximum Gasteiger partial charge on any atom is 0.233 e. The van der Waals surface area contributed by atoms with Crippen LogP contribution >= 0.6 is 34.4 Å². The minimum atomic E-state index is -2.89. The summed E-state index contributed by atoms with van der Waals surface area (Å²) in [7, 11) is -2.89. The molecule has 0 aromatic carbocycles. The number of fused-ring (bicyclic) bond motifs is 1. The summed E-state index contributed by atoms with van der Waals surface area (Å²) in [6, 6.07) is 6.27. The summed E-state index contributed by atoms with van der Waals surface area (Å²) in [5, 5.41) is 4.23. The first-order chi connectivity index (χ1) is 12.0. The molecule has 2 aliphatic heterocycles. The Morgan fingerprint density at radius 2 is 2.16 bits per heavy atom. The lowest BCUT2D eigenvalue weighted by atomic mass is 9.98. The number of rotatable bonds is 4. The highest BCUT2D eigenvalue weighted by atomic mass is 32.2. The molecular weight excluding hydrogens is 394 g/mol. The van der Waals surface area contributed by atoms with Crippen LogP contribution in [0.25, 0.3) is 0 Å². The fourth-order valence-electron chi connectivity index (χ4n) is 3.50. The van der Waals surface area contributed by atoms with Crippen molar-refractivity contribution in [3.63, 3.8) is 0 Å². The van der Waals surface area contributed by atoms with Crippen molar-refractivity contribution in [3.05, 3.63) is 44.3 Å². The van der Waals surface area contributed by atoms with E-state index in [4.69, 9.17) is 0 Å². The van der Waals surface area contributed by atoms with Crippen LogP contribution < -0.4 is 0 Å². The summed E-state index contributed by atoms with van der Waals surface area (Å²) in [5.41, 5.74) is 1.25. The molecule has 134 valence electrons. The average Bonchev–Trinajstić information content (AvgIpc) is 3.32. The SMILES string of the molecule is O=C(CS[C@@H]1CCS(=O)(=O)C1)N1CCc2sccc2[C@@H]1c1cccs1. The van der Waals surface area contributed by atoms with Crippen LogP contribution in [0.15, 0.2) is 29.0 Å². The van der Waals surface area contributed by atoms with Crippen LogP contribution in [-0.2, 0) is 21.1 Å². The van der Waals surface area contributed by atoms with Gasteiger partial charge in [0.1, 0.15) is 0 Å². The Morgan fingerprint density at radius 1 is 1.28 bits per heavy atom. The van der Waals surface area contributed by atoms with Crippen molar-refractivity contribution in [1.82, 2.24) is 4.90 Å². The highest BCUT2D eigenvalue weighted by Crippen LogP contribution is 2.40. The van der Waals surface area contributed by atoms with E-state index in [1.165, 1.54) is 27.1 Å². The largest absolute Gasteiger partial charge is 0.330 e. The smallest absolute Gasteiger partial charge is 0.233 e. The summed E-state index contributed by atoms with van der Waals surface area (Å²) < 4.78 is 23.2. The van der Waals surface area contributed by atoms with Gasteiger partial charge in [0.05, 0.1) is 23.3 Å². The fraction of sp³-hybridized carbons (Fsp3) is 0.471. The molecule has 0 spiro atoms. The average molecular weight is 414 g/mol. The standard InChI is InChI=1S/C17H19NO3S4/c19-16(10-24-12-5-9-25(20,21)11-12)18-6-3-14-13(4-8-23-14)17(18)15-2-1-7-22-15/h1-2,4,7-8,12,17H,3,5-6,9-11H2/t12-,17-/m1/s1. The first-order valence-corrected chi connectivity index (χ1v) is 12.9. The van der Waals surface area contributed by atoms with Crippen LogP contribution in [0.1, 0.15) is 27.8 Å². The Morgan fingerprint density at radius 3 is 2.88 bits per heavy atom. The van der Waals surface area contributed by atoms with Crippen molar-refractivity contribution in [2.45, 2.75) is 24.1 Å². The molecule has 4 nitrogen and oxygen atoms in total. The molecular formula is C17H19NO3S4. The number of nitrogens with zero attached hydrogens (tertiary/aromatic N) is 1. The van der Waals surface area contributed by atoms with Crippen LogP contribution in [-0.4, -0.2) is 48.3 Å². The molecule has 0 N–H and O–H groups in total. The molecule has 2 aromatic rings. The normalized spacial score (nSPS) is 25.0. The lowest BCUT2D eigenvalue weighted by Crippen LogP contribution is -2.41. The molecule has 2 aromatic heterocycles. The lowest BCUT2D eigenvalue weighted by Gasteiger charge is -2.35. The van der Waals surface area contributed by atoms with Crippen LogP contribution in [0.2, 0.25) is 0 Å². The predicted octanol–water partition coefficient (Wildman–Crippen LogP) is 3.20. The molecule has 0 bridgehead atoms. The van der Waals surface area contributed by atoms with Gasteiger partial charge in [-0.15, -0.1) is 34.4 Å². The van der Waals surface area contributed by atoms with Gasteiger partial charge in [0.25, 0.3) is 0 Å². The minimum absolute atomic E-state index is 0.00964. The molecule has 0 aliphatic carbocycles.